The molecule has 0 aliphatic carbocycles. The molecule has 0 heterocycles. The second-order valence-corrected chi connectivity index (χ2v) is 5.13. The highest BCUT2D eigenvalue weighted by Crippen LogP contribution is 2.23. The van der Waals surface area contributed by atoms with Crippen LogP contribution in [-0.2, 0) is 16.1 Å². The molecule has 21 heavy (non-hydrogen) atoms. The van der Waals surface area contributed by atoms with Crippen molar-refractivity contribution in [2.45, 2.75) is 26.4 Å². The Balaban J connectivity index is 2.25. The van der Waals surface area contributed by atoms with E-state index in [1.807, 2.05) is 62.4 Å². The van der Waals surface area contributed by atoms with Gasteiger partial charge in [-0.3, -0.25) is 5.32 Å². The number of esters is 1. The molecule has 1 unspecified atom stereocenters. The van der Waals surface area contributed by atoms with Gasteiger partial charge in [-0.15, -0.1) is 0 Å². The summed E-state index contributed by atoms with van der Waals surface area (Å²) in [6, 6.07) is 15.6. The molecule has 2 aromatic rings. The highest BCUT2D eigenvalue weighted by molar-refractivity contribution is 5.78. The number of benzene rings is 2. The highest BCUT2D eigenvalue weighted by atomic mass is 16.5. The van der Waals surface area contributed by atoms with Crippen LogP contribution >= 0.6 is 0 Å². The van der Waals surface area contributed by atoms with E-state index in [1.165, 1.54) is 7.11 Å². The van der Waals surface area contributed by atoms with Gasteiger partial charge in [-0.25, -0.2) is 4.79 Å². The molecule has 1 atom stereocenters. The molecule has 0 aliphatic rings. The number of nitrogens with one attached hydrogen (secondary N) is 1. The molecule has 0 saturated heterocycles. The second-order valence-electron chi connectivity index (χ2n) is 5.13. The summed E-state index contributed by atoms with van der Waals surface area (Å²) < 4.78 is 4.96. The lowest BCUT2D eigenvalue weighted by Gasteiger charge is -2.21. The third-order valence-electron chi connectivity index (χ3n) is 3.62. The van der Waals surface area contributed by atoms with Gasteiger partial charge in [0.05, 0.1) is 7.11 Å². The van der Waals surface area contributed by atoms with E-state index in [1.54, 1.807) is 0 Å². The lowest BCUT2D eigenvalue weighted by molar-refractivity contribution is -0.143. The van der Waals surface area contributed by atoms with Crippen LogP contribution in [0.15, 0.2) is 48.5 Å². The standard InChI is InChI=1S/C18H21NO2/c1-13-8-7-9-14(2)16(13)17(18(20)21-3)19-12-15-10-5-4-6-11-15/h4-11,17,19H,12H2,1-3H3. The number of carbonyl (C=O) groups is 1. The summed E-state index contributed by atoms with van der Waals surface area (Å²) in [5.74, 6) is -0.261. The van der Waals surface area contributed by atoms with Crippen LogP contribution in [0.3, 0.4) is 0 Å². The minimum Gasteiger partial charge on any atom is -0.468 e. The Morgan fingerprint density at radius 2 is 1.67 bits per heavy atom. The van der Waals surface area contributed by atoms with E-state index in [9.17, 15) is 4.79 Å². The molecule has 1 N–H and O–H groups in total. The maximum atomic E-state index is 12.2. The monoisotopic (exact) mass is 283 g/mol. The van der Waals surface area contributed by atoms with Gasteiger partial charge < -0.3 is 4.74 Å². The van der Waals surface area contributed by atoms with Crippen LogP contribution in [0, 0.1) is 13.8 Å². The summed E-state index contributed by atoms with van der Waals surface area (Å²) in [5, 5.41) is 3.31. The van der Waals surface area contributed by atoms with Crippen molar-refractivity contribution < 1.29 is 9.53 Å². The second kappa shape index (κ2) is 7.04. The van der Waals surface area contributed by atoms with Crippen molar-refractivity contribution in [2.24, 2.45) is 0 Å². The molecule has 0 amide bonds. The fraction of sp³-hybridized carbons (Fsp3) is 0.278. The topological polar surface area (TPSA) is 38.3 Å². The van der Waals surface area contributed by atoms with E-state index >= 15 is 0 Å². The van der Waals surface area contributed by atoms with Gasteiger partial charge in [0.1, 0.15) is 6.04 Å². The fourth-order valence-corrected chi connectivity index (χ4v) is 2.52. The van der Waals surface area contributed by atoms with Gasteiger partial charge >= 0.3 is 5.97 Å². The molecule has 3 heteroatoms. The van der Waals surface area contributed by atoms with Crippen molar-refractivity contribution in [1.29, 1.82) is 0 Å². The van der Waals surface area contributed by atoms with E-state index < -0.39 is 6.04 Å². The average molecular weight is 283 g/mol. The molecule has 0 spiro atoms. The maximum absolute atomic E-state index is 12.2. The number of ether oxygens (including phenoxy) is 1. The average Bonchev–Trinajstić information content (AvgIpc) is 2.50. The predicted octanol–water partition coefficient (Wildman–Crippen LogP) is 3.31. The Morgan fingerprint density at radius 3 is 2.24 bits per heavy atom. The van der Waals surface area contributed by atoms with E-state index in [0.717, 1.165) is 22.3 Å². The molecule has 0 aromatic heterocycles. The van der Waals surface area contributed by atoms with Crippen LogP contribution in [0.25, 0.3) is 0 Å². The number of carbonyl (C=O) groups excluding carboxylic acids is 1. The number of methoxy groups -OCH3 is 1. The summed E-state index contributed by atoms with van der Waals surface area (Å²) in [7, 11) is 1.42. The Morgan fingerprint density at radius 1 is 1.05 bits per heavy atom. The molecule has 0 fully saturated rings. The van der Waals surface area contributed by atoms with Gasteiger partial charge in [-0.05, 0) is 36.1 Å². The summed E-state index contributed by atoms with van der Waals surface area (Å²) >= 11 is 0. The molecule has 110 valence electrons. The summed E-state index contributed by atoms with van der Waals surface area (Å²) in [6.07, 6.45) is 0. The molecule has 0 radical (unpaired) electrons. The van der Waals surface area contributed by atoms with Crippen LogP contribution in [0.2, 0.25) is 0 Å². The zero-order valence-corrected chi connectivity index (χ0v) is 12.7. The summed E-state index contributed by atoms with van der Waals surface area (Å²) in [4.78, 5) is 12.2. The third-order valence-corrected chi connectivity index (χ3v) is 3.62. The van der Waals surface area contributed by atoms with Crippen molar-refractivity contribution >= 4 is 5.97 Å². The van der Waals surface area contributed by atoms with E-state index in [0.29, 0.717) is 6.54 Å². The Bertz CT molecular complexity index is 588. The first-order valence-electron chi connectivity index (χ1n) is 7.04. The van der Waals surface area contributed by atoms with Gasteiger partial charge in [0.25, 0.3) is 0 Å². The third kappa shape index (κ3) is 3.70. The van der Waals surface area contributed by atoms with Gasteiger partial charge in [0.2, 0.25) is 0 Å². The lowest BCUT2D eigenvalue weighted by atomic mass is 9.96. The van der Waals surface area contributed by atoms with Crippen molar-refractivity contribution in [2.75, 3.05) is 7.11 Å². The normalized spacial score (nSPS) is 12.0. The maximum Gasteiger partial charge on any atom is 0.327 e. The molecule has 0 bridgehead atoms. The first-order valence-corrected chi connectivity index (χ1v) is 7.04. The number of rotatable bonds is 5. The largest absolute Gasteiger partial charge is 0.468 e. The van der Waals surface area contributed by atoms with Crippen LogP contribution in [0.4, 0.5) is 0 Å². The quantitative estimate of drug-likeness (QED) is 0.856. The molecular formula is C18H21NO2. The molecular weight excluding hydrogens is 262 g/mol. The predicted molar refractivity (Wildman–Crippen MR) is 84.0 cm³/mol. The number of hydrogen-bond donors (Lipinski definition) is 1. The zero-order chi connectivity index (χ0) is 15.2. The van der Waals surface area contributed by atoms with Gasteiger partial charge in [-0.1, -0.05) is 48.5 Å². The van der Waals surface area contributed by atoms with Crippen molar-refractivity contribution in [3.8, 4) is 0 Å². The summed E-state index contributed by atoms with van der Waals surface area (Å²) in [5.41, 5.74) is 4.31. The van der Waals surface area contributed by atoms with Gasteiger partial charge in [0, 0.05) is 6.54 Å². The first kappa shape index (κ1) is 15.3. The molecule has 0 aliphatic heterocycles. The Labute approximate surface area is 126 Å². The van der Waals surface area contributed by atoms with Crippen LogP contribution in [0.1, 0.15) is 28.3 Å². The van der Waals surface area contributed by atoms with Crippen LogP contribution in [-0.4, -0.2) is 13.1 Å². The van der Waals surface area contributed by atoms with Crippen LogP contribution in [0.5, 0.6) is 0 Å². The van der Waals surface area contributed by atoms with Crippen molar-refractivity contribution in [1.82, 2.24) is 5.32 Å². The van der Waals surface area contributed by atoms with Crippen LogP contribution < -0.4 is 5.32 Å². The minimum atomic E-state index is -0.448. The molecule has 3 nitrogen and oxygen atoms in total. The van der Waals surface area contributed by atoms with E-state index in [2.05, 4.69) is 5.32 Å². The fourth-order valence-electron chi connectivity index (χ4n) is 2.52. The Kier molecular flexibility index (Phi) is 5.12. The van der Waals surface area contributed by atoms with E-state index in [-0.39, 0.29) is 5.97 Å². The lowest BCUT2D eigenvalue weighted by Crippen LogP contribution is -2.30. The number of aryl methyl sites for hydroxylation is 2. The first-order chi connectivity index (χ1) is 10.1. The molecule has 2 aromatic carbocycles. The SMILES string of the molecule is COC(=O)C(NCc1ccccc1)c1c(C)cccc1C. The van der Waals surface area contributed by atoms with E-state index in [4.69, 9.17) is 4.74 Å². The van der Waals surface area contributed by atoms with Crippen molar-refractivity contribution in [3.63, 3.8) is 0 Å². The zero-order valence-electron chi connectivity index (χ0n) is 12.7. The Hall–Kier alpha value is -2.13. The van der Waals surface area contributed by atoms with Crippen molar-refractivity contribution in [3.05, 3.63) is 70.8 Å². The number of hydrogen-bond acceptors (Lipinski definition) is 3. The van der Waals surface area contributed by atoms with Gasteiger partial charge in [-0.2, -0.15) is 0 Å². The highest BCUT2D eigenvalue weighted by Gasteiger charge is 2.24. The van der Waals surface area contributed by atoms with Gasteiger partial charge in [0.15, 0.2) is 0 Å². The minimum absolute atomic E-state index is 0.261. The molecule has 2 rings (SSSR count). The smallest absolute Gasteiger partial charge is 0.327 e. The molecule has 0 saturated carbocycles. The summed E-state index contributed by atoms with van der Waals surface area (Å²) in [6.45, 7) is 4.65.